The minimum Gasteiger partial charge on any atom is -0.285 e. The quantitative estimate of drug-likeness (QED) is 0.0385. The van der Waals surface area contributed by atoms with Crippen LogP contribution in [0.5, 0.6) is 0 Å². The van der Waals surface area contributed by atoms with Crippen molar-refractivity contribution in [3.8, 4) is 0 Å². The molecule has 0 aliphatic carbocycles. The van der Waals surface area contributed by atoms with Gasteiger partial charge in [-0.05, 0) is 85.8 Å². The molecule has 2 heteroatoms. The molecule has 0 saturated carbocycles. The molecule has 56 heavy (non-hydrogen) atoms. The summed E-state index contributed by atoms with van der Waals surface area (Å²) in [6.07, 6.45) is 46.1. The lowest BCUT2D eigenvalue weighted by molar-refractivity contribution is 0.0817. The highest BCUT2D eigenvalue weighted by Crippen LogP contribution is 2.24. The summed E-state index contributed by atoms with van der Waals surface area (Å²) in [7, 11) is 0. The molecule has 0 N–H and O–H groups in total. The van der Waals surface area contributed by atoms with Gasteiger partial charge in [-0.15, -0.1) is 0 Å². The molecule has 0 radical (unpaired) electrons. The van der Waals surface area contributed by atoms with Crippen LogP contribution in [0.15, 0.2) is 36.4 Å². The van der Waals surface area contributed by atoms with E-state index in [0.29, 0.717) is 11.1 Å². The van der Waals surface area contributed by atoms with Gasteiger partial charge in [-0.1, -0.05) is 232 Å². The summed E-state index contributed by atoms with van der Waals surface area (Å²) in [6, 6.07) is 12.5. The molecule has 0 saturated heterocycles. The molecule has 0 aliphatic rings. The van der Waals surface area contributed by atoms with Gasteiger partial charge in [0.15, 0.2) is 0 Å². The number of hydrogen-bond donors (Lipinski definition) is 0. The first kappa shape index (κ1) is 49.9. The Morgan fingerprint density at radius 3 is 0.750 bits per heavy atom. The zero-order chi connectivity index (χ0) is 40.3. The van der Waals surface area contributed by atoms with Crippen molar-refractivity contribution >= 4 is 11.6 Å². The van der Waals surface area contributed by atoms with E-state index >= 15 is 0 Å². The van der Waals surface area contributed by atoms with E-state index < -0.39 is 0 Å². The van der Waals surface area contributed by atoms with Gasteiger partial charge >= 0.3 is 0 Å². The molecule has 0 atom stereocenters. The smallest absolute Gasteiger partial charge is 0.233 e. The van der Waals surface area contributed by atoms with Gasteiger partial charge in [0.05, 0.1) is 0 Å². The predicted molar refractivity (Wildman–Crippen MR) is 247 cm³/mol. The molecule has 0 spiro atoms. The number of ketones is 2. The van der Waals surface area contributed by atoms with Crippen molar-refractivity contribution < 1.29 is 9.59 Å². The fourth-order valence-corrected chi connectivity index (χ4v) is 8.55. The first-order chi connectivity index (χ1) is 27.5. The van der Waals surface area contributed by atoms with Crippen LogP contribution in [0.2, 0.25) is 0 Å². The Kier molecular flexibility index (Phi) is 31.0. The lowest BCUT2D eigenvalue weighted by atomic mass is 9.90. The summed E-state index contributed by atoms with van der Waals surface area (Å²) < 4.78 is 0. The van der Waals surface area contributed by atoms with E-state index in [4.69, 9.17) is 0 Å². The Labute approximate surface area is 348 Å². The number of carbonyl (C=O) groups excluding carboxylic acids is 2. The third-order valence-electron chi connectivity index (χ3n) is 12.3. The van der Waals surface area contributed by atoms with Gasteiger partial charge in [0.1, 0.15) is 0 Å². The zero-order valence-corrected chi connectivity index (χ0v) is 37.7. The molecule has 0 unspecified atom stereocenters. The molecule has 0 heterocycles. The molecular formula is C54H90O2. The first-order valence-electron chi connectivity index (χ1n) is 24.9. The molecular weight excluding hydrogens is 681 g/mol. The molecule has 2 aromatic rings. The van der Waals surface area contributed by atoms with Crippen LogP contribution >= 0.6 is 0 Å². The van der Waals surface area contributed by atoms with Gasteiger partial charge in [0.25, 0.3) is 0 Å². The third-order valence-corrected chi connectivity index (χ3v) is 12.3. The minimum atomic E-state index is -0.338. The Hall–Kier alpha value is -2.22. The second kappa shape index (κ2) is 34.8. The monoisotopic (exact) mass is 771 g/mol. The van der Waals surface area contributed by atoms with E-state index in [0.717, 1.165) is 38.5 Å². The van der Waals surface area contributed by atoms with Gasteiger partial charge in [-0.3, -0.25) is 9.59 Å². The molecule has 2 nitrogen and oxygen atoms in total. The highest BCUT2D eigenvalue weighted by atomic mass is 16.2. The van der Waals surface area contributed by atoms with E-state index in [1.54, 1.807) is 0 Å². The second-order valence-electron chi connectivity index (χ2n) is 17.5. The SMILES string of the molecule is CCCCCCCCCCc1ccc(C(=O)C(=O)c2ccc(CCCCCCCCCC)c(CCCCCCCCCC)c2)cc1CCCCCCCCCC. The highest BCUT2D eigenvalue weighted by Gasteiger charge is 2.21. The molecule has 2 rings (SSSR count). The largest absolute Gasteiger partial charge is 0.285 e. The topological polar surface area (TPSA) is 34.1 Å². The van der Waals surface area contributed by atoms with Gasteiger partial charge in [-0.25, -0.2) is 0 Å². The number of hydrogen-bond acceptors (Lipinski definition) is 2. The molecule has 2 aromatic carbocycles. The Balaban J connectivity index is 2.11. The summed E-state index contributed by atoms with van der Waals surface area (Å²) >= 11 is 0. The first-order valence-corrected chi connectivity index (χ1v) is 24.9. The van der Waals surface area contributed by atoms with E-state index in [1.807, 2.05) is 12.1 Å². The van der Waals surface area contributed by atoms with Crippen LogP contribution in [0, 0.1) is 0 Å². The van der Waals surface area contributed by atoms with Crippen LogP contribution in [0.1, 0.15) is 276 Å². The van der Waals surface area contributed by atoms with Crippen molar-refractivity contribution in [3.63, 3.8) is 0 Å². The van der Waals surface area contributed by atoms with Crippen LogP contribution in [0.3, 0.4) is 0 Å². The lowest BCUT2D eigenvalue weighted by Crippen LogP contribution is -2.16. The number of unbranched alkanes of at least 4 members (excludes halogenated alkanes) is 28. The Bertz CT molecular complexity index is 1160. The molecule has 0 fully saturated rings. The van der Waals surface area contributed by atoms with Crippen molar-refractivity contribution in [2.75, 3.05) is 0 Å². The van der Waals surface area contributed by atoms with E-state index in [9.17, 15) is 9.59 Å². The van der Waals surface area contributed by atoms with Crippen LogP contribution in [0.25, 0.3) is 0 Å². The van der Waals surface area contributed by atoms with E-state index in [2.05, 4.69) is 52.0 Å². The van der Waals surface area contributed by atoms with Crippen molar-refractivity contribution in [1.29, 1.82) is 0 Å². The highest BCUT2D eigenvalue weighted by molar-refractivity contribution is 6.49. The third kappa shape index (κ3) is 23.3. The molecule has 0 amide bonds. The Morgan fingerprint density at radius 1 is 0.286 bits per heavy atom. The number of rotatable bonds is 39. The van der Waals surface area contributed by atoms with Crippen molar-refractivity contribution in [3.05, 3.63) is 69.8 Å². The number of benzene rings is 2. The molecule has 0 bridgehead atoms. The fraction of sp³-hybridized carbons (Fsp3) is 0.741. The van der Waals surface area contributed by atoms with Crippen LogP contribution in [-0.4, -0.2) is 11.6 Å². The predicted octanol–water partition coefficient (Wildman–Crippen LogP) is 17.5. The normalized spacial score (nSPS) is 11.4. The standard InChI is InChI=1S/C54H90O2/c1-5-9-13-17-21-25-29-33-37-47-41-43-51(45-49(47)39-35-31-27-23-19-15-11-7-3)53(55)54(56)52-44-42-48(38-34-30-26-22-18-14-10-6-2)50(46-52)40-36-32-28-24-20-16-12-8-4/h41-46H,5-40H2,1-4H3. The van der Waals surface area contributed by atoms with Gasteiger partial charge in [0.2, 0.25) is 11.6 Å². The van der Waals surface area contributed by atoms with Crippen molar-refractivity contribution in [2.45, 2.75) is 259 Å². The second-order valence-corrected chi connectivity index (χ2v) is 17.5. The minimum absolute atomic E-state index is 0.338. The molecule has 0 aliphatic heterocycles. The maximum absolute atomic E-state index is 13.9. The number of carbonyl (C=O) groups is 2. The number of aryl methyl sites for hydroxylation is 4. The Morgan fingerprint density at radius 2 is 0.500 bits per heavy atom. The maximum Gasteiger partial charge on any atom is 0.233 e. The summed E-state index contributed by atoms with van der Waals surface area (Å²) in [5.41, 5.74) is 6.54. The summed E-state index contributed by atoms with van der Waals surface area (Å²) in [5, 5.41) is 0. The van der Waals surface area contributed by atoms with Crippen LogP contribution in [-0.2, 0) is 25.7 Å². The average Bonchev–Trinajstić information content (AvgIpc) is 3.21. The average molecular weight is 771 g/mol. The number of Topliss-reactive ketones (excluding diaryl/α,β-unsaturated/α-hetero) is 2. The molecule has 318 valence electrons. The summed E-state index contributed by atoms with van der Waals surface area (Å²) in [5.74, 6) is -0.677. The van der Waals surface area contributed by atoms with Crippen molar-refractivity contribution in [1.82, 2.24) is 0 Å². The van der Waals surface area contributed by atoms with Crippen molar-refractivity contribution in [2.24, 2.45) is 0 Å². The van der Waals surface area contributed by atoms with Crippen LogP contribution < -0.4 is 0 Å². The van der Waals surface area contributed by atoms with Gasteiger partial charge < -0.3 is 0 Å². The summed E-state index contributed by atoms with van der Waals surface area (Å²) in [4.78, 5) is 27.8. The molecule has 0 aromatic heterocycles. The lowest BCUT2D eigenvalue weighted by Gasteiger charge is -2.14. The van der Waals surface area contributed by atoms with Gasteiger partial charge in [-0.2, -0.15) is 0 Å². The van der Waals surface area contributed by atoms with E-state index in [1.165, 1.54) is 215 Å². The maximum atomic E-state index is 13.9. The fourth-order valence-electron chi connectivity index (χ4n) is 8.55. The van der Waals surface area contributed by atoms with Gasteiger partial charge in [0, 0.05) is 11.1 Å². The zero-order valence-electron chi connectivity index (χ0n) is 37.7. The van der Waals surface area contributed by atoms with E-state index in [-0.39, 0.29) is 11.6 Å². The summed E-state index contributed by atoms with van der Waals surface area (Å²) in [6.45, 7) is 9.13. The van der Waals surface area contributed by atoms with Crippen LogP contribution in [0.4, 0.5) is 0 Å².